The Hall–Kier alpha value is -1.99. The third-order valence-electron chi connectivity index (χ3n) is 3.17. The molecule has 0 saturated carbocycles. The number of nitrogens with one attached hydrogen (secondary N) is 1. The number of hydrogen-bond donors (Lipinski definition) is 2. The molecule has 2 atom stereocenters. The molecule has 0 aliphatic heterocycles. The van der Waals surface area contributed by atoms with Crippen LogP contribution in [0.4, 0.5) is 5.69 Å². The van der Waals surface area contributed by atoms with Crippen LogP contribution in [0, 0.1) is 15.5 Å². The fraction of sp³-hybridized carbons (Fsp3) is 0.533. The second-order valence-corrected chi connectivity index (χ2v) is 6.08. The summed E-state index contributed by atoms with van der Waals surface area (Å²) in [6.45, 7) is 5.43. The zero-order chi connectivity index (χ0) is 16.9. The third kappa shape index (κ3) is 4.78. The van der Waals surface area contributed by atoms with Crippen LogP contribution in [-0.2, 0) is 9.53 Å². The monoisotopic (exact) mass is 310 g/mol. The number of nitro groups is 1. The van der Waals surface area contributed by atoms with Gasteiger partial charge in [0.15, 0.2) is 0 Å². The van der Waals surface area contributed by atoms with Crippen molar-refractivity contribution in [3.8, 4) is 0 Å². The van der Waals surface area contributed by atoms with Gasteiger partial charge in [0.2, 0.25) is 5.91 Å². The summed E-state index contributed by atoms with van der Waals surface area (Å²) in [5.41, 5.74) is -0.180. The van der Waals surface area contributed by atoms with Gasteiger partial charge in [0.25, 0.3) is 5.69 Å². The van der Waals surface area contributed by atoms with Crippen molar-refractivity contribution in [3.63, 3.8) is 0 Å². The number of nitrogens with zero attached hydrogens (tertiary/aromatic N) is 1. The average Bonchev–Trinajstić information content (AvgIpc) is 2.45. The summed E-state index contributed by atoms with van der Waals surface area (Å²) in [5, 5.41) is 23.8. The summed E-state index contributed by atoms with van der Waals surface area (Å²) in [6, 6.07) is 4.92. The van der Waals surface area contributed by atoms with E-state index in [0.29, 0.717) is 5.56 Å². The number of carbonyl (C=O) groups excluding carboxylic acids is 1. The SMILES string of the molecule is COC[C@@H](NC(=O)C(C)(C)C)[C@H](O)c1ccc([N+](=O)[O-])cc1. The Bertz CT molecular complexity index is 522. The van der Waals surface area contributed by atoms with E-state index < -0.39 is 22.5 Å². The Labute approximate surface area is 129 Å². The first-order valence-electron chi connectivity index (χ1n) is 6.89. The van der Waals surface area contributed by atoms with Crippen molar-refractivity contribution in [2.45, 2.75) is 32.9 Å². The number of benzene rings is 1. The van der Waals surface area contributed by atoms with Crippen molar-refractivity contribution in [2.24, 2.45) is 5.41 Å². The van der Waals surface area contributed by atoms with Crippen molar-refractivity contribution >= 4 is 11.6 Å². The summed E-state index contributed by atoms with van der Waals surface area (Å²) in [6.07, 6.45) is -1.02. The molecule has 122 valence electrons. The van der Waals surface area contributed by atoms with Crippen molar-refractivity contribution < 1.29 is 19.6 Å². The molecule has 1 aromatic rings. The molecule has 22 heavy (non-hydrogen) atoms. The maximum atomic E-state index is 12.1. The quantitative estimate of drug-likeness (QED) is 0.616. The first-order valence-corrected chi connectivity index (χ1v) is 6.89. The third-order valence-corrected chi connectivity index (χ3v) is 3.17. The minimum Gasteiger partial charge on any atom is -0.386 e. The summed E-state index contributed by atoms with van der Waals surface area (Å²) < 4.78 is 5.04. The van der Waals surface area contributed by atoms with Gasteiger partial charge >= 0.3 is 0 Å². The number of nitro benzene ring substituents is 1. The number of amides is 1. The second kappa shape index (κ2) is 7.33. The van der Waals surface area contributed by atoms with Crippen molar-refractivity contribution in [3.05, 3.63) is 39.9 Å². The number of aliphatic hydroxyl groups is 1. The molecule has 0 unspecified atom stereocenters. The number of carbonyl (C=O) groups is 1. The number of methoxy groups -OCH3 is 1. The van der Waals surface area contributed by atoms with E-state index in [1.54, 1.807) is 20.8 Å². The fourth-order valence-corrected chi connectivity index (χ4v) is 1.80. The molecule has 7 heteroatoms. The molecule has 0 heterocycles. The van der Waals surface area contributed by atoms with Crippen LogP contribution in [0.1, 0.15) is 32.4 Å². The predicted octanol–water partition coefficient (Wildman–Crippen LogP) is 1.81. The first kappa shape index (κ1) is 18.1. The van der Waals surface area contributed by atoms with Crippen molar-refractivity contribution in [1.82, 2.24) is 5.32 Å². The van der Waals surface area contributed by atoms with Crippen molar-refractivity contribution in [2.75, 3.05) is 13.7 Å². The molecular formula is C15H22N2O5. The van der Waals surface area contributed by atoms with E-state index in [9.17, 15) is 20.0 Å². The van der Waals surface area contributed by atoms with E-state index in [-0.39, 0.29) is 18.2 Å². The summed E-state index contributed by atoms with van der Waals surface area (Å²) in [4.78, 5) is 22.2. The normalized spacial score (nSPS) is 14.2. The molecule has 0 aliphatic carbocycles. The lowest BCUT2D eigenvalue weighted by molar-refractivity contribution is -0.384. The van der Waals surface area contributed by atoms with Gasteiger partial charge in [0.05, 0.1) is 17.6 Å². The van der Waals surface area contributed by atoms with Gasteiger partial charge in [-0.05, 0) is 17.7 Å². The number of aliphatic hydroxyl groups excluding tert-OH is 1. The molecule has 0 saturated heterocycles. The van der Waals surface area contributed by atoms with E-state index in [1.807, 2.05) is 0 Å². The zero-order valence-electron chi connectivity index (χ0n) is 13.2. The molecule has 7 nitrogen and oxygen atoms in total. The van der Waals surface area contributed by atoms with Gasteiger partial charge in [-0.3, -0.25) is 14.9 Å². The fourth-order valence-electron chi connectivity index (χ4n) is 1.80. The highest BCUT2D eigenvalue weighted by Gasteiger charge is 2.28. The van der Waals surface area contributed by atoms with Gasteiger partial charge in [-0.2, -0.15) is 0 Å². The van der Waals surface area contributed by atoms with Gasteiger partial charge in [-0.25, -0.2) is 0 Å². The number of ether oxygens (including phenoxy) is 1. The molecule has 2 N–H and O–H groups in total. The molecule has 0 spiro atoms. The standard InChI is InChI=1S/C15H22N2O5/c1-15(2,3)14(19)16-12(9-22-4)13(18)10-5-7-11(8-6-10)17(20)21/h5-8,12-13,18H,9H2,1-4H3,(H,16,19)/t12-,13-/m1/s1. The number of non-ortho nitro benzene ring substituents is 1. The first-order chi connectivity index (χ1) is 10.2. The average molecular weight is 310 g/mol. The Balaban J connectivity index is 2.90. The van der Waals surface area contributed by atoms with E-state index in [0.717, 1.165) is 0 Å². The lowest BCUT2D eigenvalue weighted by Gasteiger charge is -2.27. The Kier molecular flexibility index (Phi) is 6.01. The minimum atomic E-state index is -1.02. The summed E-state index contributed by atoms with van der Waals surface area (Å²) in [7, 11) is 1.47. The van der Waals surface area contributed by atoms with E-state index in [4.69, 9.17) is 4.74 Å². The number of hydrogen-bond acceptors (Lipinski definition) is 5. The lowest BCUT2D eigenvalue weighted by atomic mass is 9.94. The predicted molar refractivity (Wildman–Crippen MR) is 81.3 cm³/mol. The van der Waals surface area contributed by atoms with Gasteiger partial charge in [0, 0.05) is 24.7 Å². The molecule has 0 bridgehead atoms. The molecule has 0 radical (unpaired) electrons. The number of rotatable bonds is 6. The van der Waals surface area contributed by atoms with Crippen LogP contribution in [0.5, 0.6) is 0 Å². The topological polar surface area (TPSA) is 102 Å². The maximum absolute atomic E-state index is 12.1. The van der Waals surface area contributed by atoms with Crippen LogP contribution in [0.2, 0.25) is 0 Å². The van der Waals surface area contributed by atoms with Crippen LogP contribution < -0.4 is 5.32 Å². The van der Waals surface area contributed by atoms with Gasteiger partial charge in [-0.1, -0.05) is 20.8 Å². The lowest BCUT2D eigenvalue weighted by Crippen LogP contribution is -2.46. The molecule has 0 aliphatic rings. The Morgan fingerprint density at radius 2 is 1.91 bits per heavy atom. The van der Waals surface area contributed by atoms with Crippen LogP contribution >= 0.6 is 0 Å². The van der Waals surface area contributed by atoms with Crippen LogP contribution in [0.15, 0.2) is 24.3 Å². The highest BCUT2D eigenvalue weighted by molar-refractivity contribution is 5.81. The van der Waals surface area contributed by atoms with Crippen LogP contribution in [0.3, 0.4) is 0 Å². The molecule has 1 rings (SSSR count). The van der Waals surface area contributed by atoms with E-state index >= 15 is 0 Å². The van der Waals surface area contributed by atoms with E-state index in [1.165, 1.54) is 31.4 Å². The second-order valence-electron chi connectivity index (χ2n) is 6.08. The molecule has 0 aromatic heterocycles. The summed E-state index contributed by atoms with van der Waals surface area (Å²) >= 11 is 0. The van der Waals surface area contributed by atoms with Gasteiger partial charge < -0.3 is 15.2 Å². The highest BCUT2D eigenvalue weighted by Crippen LogP contribution is 2.22. The van der Waals surface area contributed by atoms with Gasteiger partial charge in [0.1, 0.15) is 6.10 Å². The van der Waals surface area contributed by atoms with Crippen molar-refractivity contribution in [1.29, 1.82) is 0 Å². The Morgan fingerprint density at radius 3 is 2.32 bits per heavy atom. The van der Waals surface area contributed by atoms with Crippen LogP contribution in [0.25, 0.3) is 0 Å². The molecule has 1 aromatic carbocycles. The Morgan fingerprint density at radius 1 is 1.36 bits per heavy atom. The minimum absolute atomic E-state index is 0.0574. The summed E-state index contributed by atoms with van der Waals surface area (Å²) in [5.74, 6) is -0.212. The van der Waals surface area contributed by atoms with Gasteiger partial charge in [-0.15, -0.1) is 0 Å². The zero-order valence-corrected chi connectivity index (χ0v) is 13.2. The largest absolute Gasteiger partial charge is 0.386 e. The molecule has 0 fully saturated rings. The van der Waals surface area contributed by atoms with Crippen LogP contribution in [-0.4, -0.2) is 35.7 Å². The van der Waals surface area contributed by atoms with E-state index in [2.05, 4.69) is 5.32 Å². The highest BCUT2D eigenvalue weighted by atomic mass is 16.6. The molecule has 1 amide bonds. The smallest absolute Gasteiger partial charge is 0.269 e. The maximum Gasteiger partial charge on any atom is 0.269 e. The molecular weight excluding hydrogens is 288 g/mol.